The third-order valence-electron chi connectivity index (χ3n) is 1.20. The molecule has 0 atom stereocenters. The fourth-order valence-corrected chi connectivity index (χ4v) is 2.70. The van der Waals surface area contributed by atoms with Gasteiger partial charge in [-0.2, -0.15) is 0 Å². The predicted molar refractivity (Wildman–Crippen MR) is 47.4 cm³/mol. The third-order valence-corrected chi connectivity index (χ3v) is 3.72. The summed E-state index contributed by atoms with van der Waals surface area (Å²) in [5, 5.41) is 1.35. The van der Waals surface area contributed by atoms with E-state index in [1.807, 2.05) is 0 Å². The highest BCUT2D eigenvalue weighted by Gasteiger charge is 2.13. The van der Waals surface area contributed by atoms with Gasteiger partial charge in [0.1, 0.15) is 0 Å². The van der Waals surface area contributed by atoms with E-state index >= 15 is 0 Å². The number of carbonyl (C=O) groups excluding carboxylic acids is 1. The van der Waals surface area contributed by atoms with Crippen LogP contribution in [0, 0.1) is 0 Å². The second-order valence-corrected chi connectivity index (χ2v) is 5.62. The highest BCUT2D eigenvalue weighted by Crippen LogP contribution is 2.22. The molecule has 0 saturated heterocycles. The minimum absolute atomic E-state index is 0.0145. The zero-order valence-electron chi connectivity index (χ0n) is 6.07. The van der Waals surface area contributed by atoms with Crippen LogP contribution < -0.4 is 0 Å². The first-order valence-electron chi connectivity index (χ1n) is 2.95. The van der Waals surface area contributed by atoms with Gasteiger partial charge in [0.05, 0.1) is 9.77 Å². The maximum Gasteiger partial charge on any atom is 0.262 e. The van der Waals surface area contributed by atoms with Crippen LogP contribution in [0.2, 0.25) is 0 Å². The summed E-state index contributed by atoms with van der Waals surface area (Å²) in [4.78, 5) is 11.1. The third kappa shape index (κ3) is 2.06. The van der Waals surface area contributed by atoms with Gasteiger partial charge >= 0.3 is 0 Å². The Hall–Kier alpha value is -0.390. The fourth-order valence-electron chi connectivity index (χ4n) is 0.631. The molecule has 0 aliphatic heterocycles. The van der Waals surface area contributed by atoms with Crippen LogP contribution in [0.3, 0.4) is 0 Å². The van der Waals surface area contributed by atoms with Gasteiger partial charge in [0.25, 0.3) is 9.05 Å². The first kappa shape index (κ1) is 9.70. The van der Waals surface area contributed by atoms with E-state index in [2.05, 4.69) is 0 Å². The van der Waals surface area contributed by atoms with Crippen molar-refractivity contribution in [1.29, 1.82) is 0 Å². The van der Waals surface area contributed by atoms with E-state index in [1.54, 1.807) is 0 Å². The number of thiophene rings is 1. The van der Waals surface area contributed by atoms with Crippen molar-refractivity contribution >= 4 is 36.9 Å². The molecule has 6 heteroatoms. The lowest BCUT2D eigenvalue weighted by Crippen LogP contribution is -1.88. The van der Waals surface area contributed by atoms with Gasteiger partial charge in [-0.25, -0.2) is 8.42 Å². The summed E-state index contributed by atoms with van der Waals surface area (Å²) in [6, 6.07) is 1.27. The van der Waals surface area contributed by atoms with Gasteiger partial charge in [-0.1, -0.05) is 0 Å². The van der Waals surface area contributed by atoms with E-state index in [0.29, 0.717) is 4.88 Å². The van der Waals surface area contributed by atoms with Crippen LogP contribution in [0.15, 0.2) is 16.3 Å². The van der Waals surface area contributed by atoms with Crippen LogP contribution in [0.5, 0.6) is 0 Å². The van der Waals surface area contributed by atoms with Gasteiger partial charge in [0.2, 0.25) is 0 Å². The lowest BCUT2D eigenvalue weighted by Gasteiger charge is -1.85. The molecule has 0 aromatic carbocycles. The molecule has 0 unspecified atom stereocenters. The summed E-state index contributed by atoms with van der Waals surface area (Å²) < 4.78 is 21.5. The van der Waals surface area contributed by atoms with Gasteiger partial charge in [0.15, 0.2) is 5.78 Å². The first-order chi connectivity index (χ1) is 5.41. The Morgan fingerprint density at radius 3 is 2.42 bits per heavy atom. The number of halogens is 1. The van der Waals surface area contributed by atoms with Crippen molar-refractivity contribution in [2.24, 2.45) is 0 Å². The Labute approximate surface area is 78.4 Å². The Balaban J connectivity index is 3.17. The summed E-state index contributed by atoms with van der Waals surface area (Å²) in [5.41, 5.74) is 0. The van der Waals surface area contributed by atoms with Crippen molar-refractivity contribution < 1.29 is 13.2 Å². The van der Waals surface area contributed by atoms with Crippen molar-refractivity contribution in [2.75, 3.05) is 0 Å². The molecule has 3 nitrogen and oxygen atoms in total. The minimum Gasteiger partial charge on any atom is -0.294 e. The lowest BCUT2D eigenvalue weighted by atomic mass is 10.4. The summed E-state index contributed by atoms with van der Waals surface area (Å²) in [5.74, 6) is -0.161. The topological polar surface area (TPSA) is 51.2 Å². The minimum atomic E-state index is -3.69. The largest absolute Gasteiger partial charge is 0.294 e. The van der Waals surface area contributed by atoms with Gasteiger partial charge in [-0.15, -0.1) is 11.3 Å². The van der Waals surface area contributed by atoms with Crippen molar-refractivity contribution in [3.8, 4) is 0 Å². The number of hydrogen-bond acceptors (Lipinski definition) is 4. The second-order valence-electron chi connectivity index (χ2n) is 2.14. The molecule has 0 N–H and O–H groups in total. The molecular formula is C6H5ClO3S2. The number of rotatable bonds is 2. The molecular weight excluding hydrogens is 220 g/mol. The Morgan fingerprint density at radius 2 is 2.17 bits per heavy atom. The molecule has 12 heavy (non-hydrogen) atoms. The van der Waals surface area contributed by atoms with Gasteiger partial charge in [-0.3, -0.25) is 4.79 Å². The summed E-state index contributed by atoms with van der Waals surface area (Å²) >= 11 is 1.07. The normalized spacial score (nSPS) is 11.5. The van der Waals surface area contributed by atoms with Crippen molar-refractivity contribution in [3.05, 3.63) is 16.3 Å². The second kappa shape index (κ2) is 3.16. The van der Waals surface area contributed by atoms with Crippen LogP contribution in [0.1, 0.15) is 16.6 Å². The Morgan fingerprint density at radius 1 is 1.58 bits per heavy atom. The number of ketones is 1. The molecule has 0 saturated carbocycles. The van der Waals surface area contributed by atoms with Crippen molar-refractivity contribution in [2.45, 2.75) is 11.8 Å². The van der Waals surface area contributed by atoms with Gasteiger partial charge in [0, 0.05) is 16.1 Å². The molecule has 0 amide bonds. The molecule has 0 aliphatic carbocycles. The standard InChI is InChI=1S/C6H5ClO3S2/c1-4(8)6-2-5(3-11-6)12(7,9)10/h2-3H,1H3. The number of carbonyl (C=O) groups is 1. The number of Topliss-reactive ketones (excluding diaryl/α,β-unsaturated/α-hetero) is 1. The maximum absolute atomic E-state index is 10.8. The SMILES string of the molecule is CC(=O)c1cc(S(=O)(=O)Cl)cs1. The van der Waals surface area contributed by atoms with Crippen LogP contribution >= 0.6 is 22.0 Å². The lowest BCUT2D eigenvalue weighted by molar-refractivity contribution is 0.102. The summed E-state index contributed by atoms with van der Waals surface area (Å²) in [6.07, 6.45) is 0. The molecule has 0 fully saturated rings. The van der Waals surface area contributed by atoms with Crippen LogP contribution in [-0.4, -0.2) is 14.2 Å². The van der Waals surface area contributed by atoms with E-state index in [-0.39, 0.29) is 10.7 Å². The molecule has 0 spiro atoms. The quantitative estimate of drug-likeness (QED) is 0.569. The van der Waals surface area contributed by atoms with E-state index in [9.17, 15) is 13.2 Å². The van der Waals surface area contributed by atoms with Crippen LogP contribution in [-0.2, 0) is 9.05 Å². The molecule has 0 aliphatic rings. The summed E-state index contributed by atoms with van der Waals surface area (Å²) in [7, 11) is 1.36. The monoisotopic (exact) mass is 224 g/mol. The van der Waals surface area contributed by atoms with Crippen LogP contribution in [0.4, 0.5) is 0 Å². The highest BCUT2D eigenvalue weighted by atomic mass is 35.7. The number of hydrogen-bond donors (Lipinski definition) is 0. The molecule has 0 radical (unpaired) electrons. The van der Waals surface area contributed by atoms with E-state index in [1.165, 1.54) is 18.4 Å². The zero-order chi connectivity index (χ0) is 9.35. The summed E-state index contributed by atoms with van der Waals surface area (Å²) in [6.45, 7) is 1.37. The smallest absolute Gasteiger partial charge is 0.262 e. The molecule has 1 heterocycles. The molecule has 1 aromatic heterocycles. The van der Waals surface area contributed by atoms with E-state index < -0.39 is 9.05 Å². The Kier molecular flexibility index (Phi) is 2.55. The van der Waals surface area contributed by atoms with Gasteiger partial charge in [-0.05, 0) is 13.0 Å². The highest BCUT2D eigenvalue weighted by molar-refractivity contribution is 8.13. The average Bonchev–Trinajstić information content (AvgIpc) is 2.30. The molecule has 66 valence electrons. The van der Waals surface area contributed by atoms with E-state index in [4.69, 9.17) is 10.7 Å². The van der Waals surface area contributed by atoms with Gasteiger partial charge < -0.3 is 0 Å². The zero-order valence-corrected chi connectivity index (χ0v) is 8.46. The van der Waals surface area contributed by atoms with E-state index in [0.717, 1.165) is 11.3 Å². The fraction of sp³-hybridized carbons (Fsp3) is 0.167. The molecule has 0 bridgehead atoms. The molecule has 1 aromatic rings. The Bertz CT molecular complexity index is 404. The predicted octanol–water partition coefficient (Wildman–Crippen LogP) is 1.88. The van der Waals surface area contributed by atoms with Crippen molar-refractivity contribution in [1.82, 2.24) is 0 Å². The molecule has 1 rings (SSSR count). The average molecular weight is 225 g/mol. The van der Waals surface area contributed by atoms with Crippen molar-refractivity contribution in [3.63, 3.8) is 0 Å². The van der Waals surface area contributed by atoms with Crippen LogP contribution in [0.25, 0.3) is 0 Å². The maximum atomic E-state index is 10.8. The first-order valence-corrected chi connectivity index (χ1v) is 6.14.